The molecular weight excluding hydrogens is 477 g/mol. The van der Waals surface area contributed by atoms with E-state index >= 15 is 0 Å². The lowest BCUT2D eigenvalue weighted by molar-refractivity contribution is -0.173. The first-order chi connectivity index (χ1) is 17.0. The van der Waals surface area contributed by atoms with Crippen LogP contribution in [0.5, 0.6) is 11.5 Å². The van der Waals surface area contributed by atoms with Gasteiger partial charge < -0.3 is 29.9 Å². The van der Waals surface area contributed by atoms with Crippen LogP contribution < -0.4 is 9.47 Å². The highest BCUT2D eigenvalue weighted by molar-refractivity contribution is 5.51. The zero-order valence-corrected chi connectivity index (χ0v) is 20.2. The maximum absolute atomic E-state index is 14.8. The molecule has 0 aliphatic carbocycles. The zero-order valence-electron chi connectivity index (χ0n) is 20.2. The minimum atomic E-state index is -4.68. The Morgan fingerprint density at radius 1 is 0.861 bits per heavy atom. The average Bonchev–Trinajstić information content (AvgIpc) is 2.85. The van der Waals surface area contributed by atoms with Crippen molar-refractivity contribution in [3.8, 4) is 11.5 Å². The fraction of sp³-hybridized carbons (Fsp3) is 0.407. The molecule has 0 saturated carbocycles. The van der Waals surface area contributed by atoms with Crippen LogP contribution in [-0.2, 0) is 18.3 Å². The highest BCUT2D eigenvalue weighted by Gasteiger charge is 2.54. The summed E-state index contributed by atoms with van der Waals surface area (Å²) in [5, 5.41) is 37.1. The van der Waals surface area contributed by atoms with E-state index in [0.717, 1.165) is 6.92 Å². The maximum atomic E-state index is 14.8. The molecule has 0 radical (unpaired) electrons. The molecule has 0 amide bonds. The van der Waals surface area contributed by atoms with E-state index < -0.39 is 37.0 Å². The summed E-state index contributed by atoms with van der Waals surface area (Å²) >= 11 is 0. The maximum Gasteiger partial charge on any atom is 0.402 e. The van der Waals surface area contributed by atoms with Gasteiger partial charge in [0.2, 0.25) is 0 Å². The van der Waals surface area contributed by atoms with Gasteiger partial charge in [-0.1, -0.05) is 30.4 Å². The predicted octanol–water partition coefficient (Wildman–Crippen LogP) is 3.48. The van der Waals surface area contributed by atoms with Gasteiger partial charge in [0.05, 0.1) is 13.2 Å². The number of hydrogen-bond acceptors (Lipinski definition) is 6. The van der Waals surface area contributed by atoms with Crippen LogP contribution in [0.3, 0.4) is 0 Å². The number of aliphatic hydroxyl groups is 4. The summed E-state index contributed by atoms with van der Waals surface area (Å²) in [6, 6.07) is 8.39. The molecule has 0 bridgehead atoms. The molecule has 0 aromatic heterocycles. The predicted molar refractivity (Wildman–Crippen MR) is 130 cm³/mol. The molecule has 0 aliphatic rings. The van der Waals surface area contributed by atoms with Crippen LogP contribution in [0.4, 0.5) is 13.2 Å². The minimum absolute atomic E-state index is 0.0129. The second-order valence-electron chi connectivity index (χ2n) is 8.54. The third-order valence-electron chi connectivity index (χ3n) is 5.84. The van der Waals surface area contributed by atoms with E-state index in [-0.39, 0.29) is 48.7 Å². The highest BCUT2D eigenvalue weighted by atomic mass is 19.4. The first-order valence-corrected chi connectivity index (χ1v) is 11.4. The molecule has 0 heterocycles. The van der Waals surface area contributed by atoms with Crippen LogP contribution >= 0.6 is 0 Å². The lowest BCUT2D eigenvalue weighted by atomic mass is 9.72. The minimum Gasteiger partial charge on any atom is -0.491 e. The molecule has 3 unspecified atom stereocenters. The molecule has 0 fully saturated rings. The largest absolute Gasteiger partial charge is 0.491 e. The number of hydrogen-bond donors (Lipinski definition) is 4. The highest BCUT2D eigenvalue weighted by Crippen LogP contribution is 2.48. The second-order valence-corrected chi connectivity index (χ2v) is 8.54. The Hall–Kier alpha value is -2.85. The summed E-state index contributed by atoms with van der Waals surface area (Å²) in [7, 11) is 0. The molecule has 2 aromatic rings. The zero-order chi connectivity index (χ0) is 26.9. The topological polar surface area (TPSA) is 99.4 Å². The van der Waals surface area contributed by atoms with Crippen molar-refractivity contribution < 1.29 is 43.1 Å². The van der Waals surface area contributed by atoms with Crippen molar-refractivity contribution in [2.45, 2.75) is 43.6 Å². The van der Waals surface area contributed by atoms with E-state index in [9.17, 15) is 23.4 Å². The van der Waals surface area contributed by atoms with Gasteiger partial charge in [0, 0.05) is 0 Å². The van der Waals surface area contributed by atoms with Gasteiger partial charge in [-0.2, -0.15) is 13.2 Å². The van der Waals surface area contributed by atoms with Gasteiger partial charge in [-0.15, -0.1) is 13.2 Å². The van der Waals surface area contributed by atoms with Crippen LogP contribution in [0.1, 0.15) is 29.2 Å². The normalized spacial score (nSPS) is 15.0. The van der Waals surface area contributed by atoms with Gasteiger partial charge in [0.25, 0.3) is 0 Å². The number of alkyl halides is 3. The fourth-order valence-electron chi connectivity index (χ4n) is 3.77. The summed E-state index contributed by atoms with van der Waals surface area (Å²) in [6.07, 6.45) is -3.52. The lowest BCUT2D eigenvalue weighted by Crippen LogP contribution is -2.41. The van der Waals surface area contributed by atoms with Gasteiger partial charge in [-0.25, -0.2) is 0 Å². The number of halogens is 3. The Morgan fingerprint density at radius 3 is 2.00 bits per heavy atom. The Balaban J connectivity index is 2.60. The van der Waals surface area contributed by atoms with E-state index in [1.807, 2.05) is 0 Å². The third-order valence-corrected chi connectivity index (χ3v) is 5.84. The van der Waals surface area contributed by atoms with Gasteiger partial charge in [-0.3, -0.25) is 0 Å². The number of allylic oxidation sites excluding steroid dienone is 2. The van der Waals surface area contributed by atoms with Gasteiger partial charge in [-0.05, 0) is 60.2 Å². The second kappa shape index (κ2) is 12.9. The van der Waals surface area contributed by atoms with Crippen molar-refractivity contribution in [1.29, 1.82) is 0 Å². The molecule has 2 rings (SSSR count). The molecule has 9 heteroatoms. The summed E-state index contributed by atoms with van der Waals surface area (Å²) in [6.45, 7) is 6.99. The molecule has 36 heavy (non-hydrogen) atoms. The number of aliphatic hydroxyl groups excluding tert-OH is 4. The van der Waals surface area contributed by atoms with Crippen molar-refractivity contribution in [2.75, 3.05) is 26.4 Å². The van der Waals surface area contributed by atoms with Crippen molar-refractivity contribution in [1.82, 2.24) is 0 Å². The van der Waals surface area contributed by atoms with Crippen LogP contribution in [0, 0.1) is 0 Å². The number of rotatable bonds is 14. The average molecular weight is 511 g/mol. The molecule has 2 aromatic carbocycles. The van der Waals surface area contributed by atoms with Crippen LogP contribution in [0.25, 0.3) is 0 Å². The first kappa shape index (κ1) is 29.4. The van der Waals surface area contributed by atoms with Crippen molar-refractivity contribution >= 4 is 0 Å². The molecular formula is C27H33F3O6. The van der Waals surface area contributed by atoms with Gasteiger partial charge in [0.15, 0.2) is 0 Å². The molecule has 198 valence electrons. The third kappa shape index (κ3) is 6.88. The quantitative estimate of drug-likeness (QED) is 0.291. The molecule has 3 atom stereocenters. The van der Waals surface area contributed by atoms with E-state index in [1.165, 1.54) is 48.6 Å². The molecule has 0 aliphatic heterocycles. The van der Waals surface area contributed by atoms with Crippen LogP contribution in [0.15, 0.2) is 61.7 Å². The Kier molecular flexibility index (Phi) is 10.5. The number of benzene rings is 2. The monoisotopic (exact) mass is 510 g/mol. The molecule has 6 nitrogen and oxygen atoms in total. The van der Waals surface area contributed by atoms with Crippen molar-refractivity contribution in [2.24, 2.45) is 0 Å². The first-order valence-electron chi connectivity index (χ1n) is 11.4. The summed E-state index contributed by atoms with van der Waals surface area (Å²) in [5.41, 5.74) is -1.62. The van der Waals surface area contributed by atoms with Crippen molar-refractivity contribution in [3.63, 3.8) is 0 Å². The van der Waals surface area contributed by atoms with E-state index in [2.05, 4.69) is 13.2 Å². The molecule has 0 spiro atoms. The lowest BCUT2D eigenvalue weighted by Gasteiger charge is -2.35. The smallest absolute Gasteiger partial charge is 0.402 e. The summed E-state index contributed by atoms with van der Waals surface area (Å²) in [5.74, 6) is 0.541. The molecule has 4 N–H and O–H groups in total. The van der Waals surface area contributed by atoms with Gasteiger partial charge in [0.1, 0.15) is 42.3 Å². The Bertz CT molecular complexity index is 1020. The number of ether oxygens (including phenoxy) is 2. The molecule has 0 saturated heterocycles. The van der Waals surface area contributed by atoms with Gasteiger partial charge >= 0.3 is 6.18 Å². The summed E-state index contributed by atoms with van der Waals surface area (Å²) < 4.78 is 55.3. The Morgan fingerprint density at radius 2 is 1.44 bits per heavy atom. The van der Waals surface area contributed by atoms with E-state index in [0.29, 0.717) is 11.1 Å². The SMILES string of the molecule is C=CCc1cc(C(C)(c2ccc(OCC(O)CO)cc2CC=C)C(F)(F)F)ccc1OCC(O)CO. The summed E-state index contributed by atoms with van der Waals surface area (Å²) in [4.78, 5) is 0. The fourth-order valence-corrected chi connectivity index (χ4v) is 3.77. The van der Waals surface area contributed by atoms with Crippen molar-refractivity contribution in [3.05, 3.63) is 84.0 Å². The Labute approximate surface area is 208 Å². The van der Waals surface area contributed by atoms with Crippen LogP contribution in [-0.4, -0.2) is 65.2 Å². The van der Waals surface area contributed by atoms with E-state index in [1.54, 1.807) is 0 Å². The van der Waals surface area contributed by atoms with E-state index in [4.69, 9.17) is 19.7 Å². The van der Waals surface area contributed by atoms with Crippen LogP contribution in [0.2, 0.25) is 0 Å². The standard InChI is InChI=1S/C27H33F3O6/c1-4-6-18-13-23(35-16-21(33)14-31)9-10-24(18)26(3,27(28,29)30)20-8-11-25(19(12-20)7-5-2)36-17-22(34)15-32/h4-5,8-13,21-22,31-34H,1-2,6-7,14-17H2,3H3.